The SMILES string of the molecule is CC1CCCN(c2nc(-c3ccccc3)ncc2C(=O)O)C1. The third-order valence-corrected chi connectivity index (χ3v) is 3.99. The summed E-state index contributed by atoms with van der Waals surface area (Å²) in [5, 5.41) is 9.42. The number of benzene rings is 1. The molecule has 22 heavy (non-hydrogen) atoms. The predicted molar refractivity (Wildman–Crippen MR) is 85.0 cm³/mol. The van der Waals surface area contributed by atoms with Crippen LogP contribution >= 0.6 is 0 Å². The first-order chi connectivity index (χ1) is 10.6. The van der Waals surface area contributed by atoms with Crippen LogP contribution in [0.1, 0.15) is 30.1 Å². The van der Waals surface area contributed by atoms with E-state index in [4.69, 9.17) is 0 Å². The number of piperidine rings is 1. The van der Waals surface area contributed by atoms with E-state index in [1.165, 1.54) is 12.6 Å². The van der Waals surface area contributed by atoms with Crippen molar-refractivity contribution in [3.05, 3.63) is 42.1 Å². The number of aromatic nitrogens is 2. The number of anilines is 1. The summed E-state index contributed by atoms with van der Waals surface area (Å²) in [6.45, 7) is 3.87. The highest BCUT2D eigenvalue weighted by atomic mass is 16.4. The Kier molecular flexibility index (Phi) is 4.04. The van der Waals surface area contributed by atoms with Crippen LogP contribution in [0.15, 0.2) is 36.5 Å². The van der Waals surface area contributed by atoms with Gasteiger partial charge in [-0.2, -0.15) is 0 Å². The van der Waals surface area contributed by atoms with E-state index in [-0.39, 0.29) is 5.56 Å². The third-order valence-electron chi connectivity index (χ3n) is 3.99. The van der Waals surface area contributed by atoms with Gasteiger partial charge in [-0.05, 0) is 18.8 Å². The summed E-state index contributed by atoms with van der Waals surface area (Å²) in [5.41, 5.74) is 1.07. The monoisotopic (exact) mass is 297 g/mol. The summed E-state index contributed by atoms with van der Waals surface area (Å²) in [6, 6.07) is 9.64. The molecule has 5 nitrogen and oxygen atoms in total. The van der Waals surface area contributed by atoms with E-state index in [1.807, 2.05) is 30.3 Å². The maximum atomic E-state index is 11.5. The van der Waals surface area contributed by atoms with Crippen molar-refractivity contribution in [1.82, 2.24) is 9.97 Å². The van der Waals surface area contributed by atoms with Crippen molar-refractivity contribution in [3.63, 3.8) is 0 Å². The lowest BCUT2D eigenvalue weighted by Gasteiger charge is -2.32. The van der Waals surface area contributed by atoms with Crippen molar-refractivity contribution >= 4 is 11.8 Å². The molecule has 1 aromatic carbocycles. The zero-order valence-electron chi connectivity index (χ0n) is 12.6. The first kappa shape index (κ1) is 14.5. The van der Waals surface area contributed by atoms with E-state index in [2.05, 4.69) is 21.8 Å². The molecule has 5 heteroatoms. The van der Waals surface area contributed by atoms with Crippen molar-refractivity contribution in [3.8, 4) is 11.4 Å². The fourth-order valence-corrected chi connectivity index (χ4v) is 2.87. The molecule has 0 amide bonds. The number of hydrogen-bond donors (Lipinski definition) is 1. The van der Waals surface area contributed by atoms with Crippen LogP contribution in [-0.2, 0) is 0 Å². The van der Waals surface area contributed by atoms with Gasteiger partial charge in [0.05, 0.1) is 0 Å². The average molecular weight is 297 g/mol. The van der Waals surface area contributed by atoms with Gasteiger partial charge in [-0.1, -0.05) is 37.3 Å². The highest BCUT2D eigenvalue weighted by Gasteiger charge is 2.23. The van der Waals surface area contributed by atoms with E-state index in [0.29, 0.717) is 17.6 Å². The quantitative estimate of drug-likeness (QED) is 0.943. The second-order valence-electron chi connectivity index (χ2n) is 5.80. The number of carboxylic acids is 1. The molecule has 0 saturated carbocycles. The van der Waals surface area contributed by atoms with Gasteiger partial charge in [0, 0.05) is 24.8 Å². The number of carboxylic acid groups (broad SMARTS) is 1. The topological polar surface area (TPSA) is 66.3 Å². The van der Waals surface area contributed by atoms with Gasteiger partial charge >= 0.3 is 5.97 Å². The van der Waals surface area contributed by atoms with Crippen molar-refractivity contribution < 1.29 is 9.90 Å². The molecule has 0 spiro atoms. The number of aromatic carboxylic acids is 1. The smallest absolute Gasteiger partial charge is 0.341 e. The van der Waals surface area contributed by atoms with Crippen LogP contribution in [0.3, 0.4) is 0 Å². The second-order valence-corrected chi connectivity index (χ2v) is 5.80. The maximum Gasteiger partial charge on any atom is 0.341 e. The van der Waals surface area contributed by atoms with Crippen LogP contribution in [0, 0.1) is 5.92 Å². The number of carbonyl (C=O) groups is 1. The molecule has 114 valence electrons. The van der Waals surface area contributed by atoms with Crippen molar-refractivity contribution in [2.45, 2.75) is 19.8 Å². The molecule has 1 atom stereocenters. The van der Waals surface area contributed by atoms with Gasteiger partial charge in [0.15, 0.2) is 5.82 Å². The fourth-order valence-electron chi connectivity index (χ4n) is 2.87. The molecular weight excluding hydrogens is 278 g/mol. The second kappa shape index (κ2) is 6.13. The minimum Gasteiger partial charge on any atom is -0.477 e. The predicted octanol–water partition coefficient (Wildman–Crippen LogP) is 3.08. The van der Waals surface area contributed by atoms with Crippen LogP contribution in [0.4, 0.5) is 5.82 Å². The molecule has 1 aromatic heterocycles. The van der Waals surface area contributed by atoms with Crippen molar-refractivity contribution in [2.75, 3.05) is 18.0 Å². The lowest BCUT2D eigenvalue weighted by atomic mass is 10.00. The van der Waals surface area contributed by atoms with E-state index < -0.39 is 5.97 Å². The Balaban J connectivity index is 2.03. The molecule has 1 unspecified atom stereocenters. The molecule has 1 N–H and O–H groups in total. The molecule has 2 heterocycles. The molecule has 1 fully saturated rings. The van der Waals surface area contributed by atoms with Gasteiger partial charge in [-0.15, -0.1) is 0 Å². The molecule has 0 bridgehead atoms. The van der Waals surface area contributed by atoms with E-state index in [0.717, 1.165) is 25.1 Å². The maximum absolute atomic E-state index is 11.5. The Morgan fingerprint density at radius 2 is 2.09 bits per heavy atom. The molecule has 1 aliphatic heterocycles. The van der Waals surface area contributed by atoms with Gasteiger partial charge in [0.2, 0.25) is 0 Å². The van der Waals surface area contributed by atoms with Gasteiger partial charge < -0.3 is 10.0 Å². The zero-order valence-corrected chi connectivity index (χ0v) is 12.6. The Morgan fingerprint density at radius 1 is 1.32 bits per heavy atom. The lowest BCUT2D eigenvalue weighted by molar-refractivity contribution is 0.0696. The molecule has 0 radical (unpaired) electrons. The standard InChI is InChI=1S/C17H19N3O2/c1-12-6-5-9-20(11-12)16-14(17(21)22)10-18-15(19-16)13-7-3-2-4-8-13/h2-4,7-8,10,12H,5-6,9,11H2,1H3,(H,21,22). The molecule has 2 aromatic rings. The lowest BCUT2D eigenvalue weighted by Crippen LogP contribution is -2.36. The fraction of sp³-hybridized carbons (Fsp3) is 0.353. The number of rotatable bonds is 3. The van der Waals surface area contributed by atoms with E-state index in [1.54, 1.807) is 0 Å². The molecular formula is C17H19N3O2. The largest absolute Gasteiger partial charge is 0.477 e. The third kappa shape index (κ3) is 2.93. The summed E-state index contributed by atoms with van der Waals surface area (Å²) in [6.07, 6.45) is 3.66. The van der Waals surface area contributed by atoms with Crippen molar-refractivity contribution in [1.29, 1.82) is 0 Å². The Labute approximate surface area is 129 Å². The normalized spacial score (nSPS) is 18.2. The van der Waals surface area contributed by atoms with Gasteiger partial charge in [0.25, 0.3) is 0 Å². The Bertz CT molecular complexity index is 673. The van der Waals surface area contributed by atoms with Gasteiger partial charge in [-0.3, -0.25) is 0 Å². The summed E-state index contributed by atoms with van der Waals surface area (Å²) in [5.74, 6) is 0.671. The van der Waals surface area contributed by atoms with Crippen LogP contribution < -0.4 is 4.90 Å². The molecule has 3 rings (SSSR count). The zero-order chi connectivity index (χ0) is 15.5. The van der Waals surface area contributed by atoms with E-state index >= 15 is 0 Å². The minimum atomic E-state index is -0.979. The van der Waals surface area contributed by atoms with Crippen LogP contribution in [0.5, 0.6) is 0 Å². The molecule has 1 aliphatic rings. The molecule has 1 saturated heterocycles. The number of hydrogen-bond acceptors (Lipinski definition) is 4. The first-order valence-corrected chi connectivity index (χ1v) is 7.56. The van der Waals surface area contributed by atoms with E-state index in [9.17, 15) is 9.90 Å². The molecule has 0 aliphatic carbocycles. The minimum absolute atomic E-state index is 0.175. The average Bonchev–Trinajstić information content (AvgIpc) is 2.55. The number of nitrogens with zero attached hydrogens (tertiary/aromatic N) is 3. The summed E-state index contributed by atoms with van der Waals surface area (Å²) in [7, 11) is 0. The summed E-state index contributed by atoms with van der Waals surface area (Å²) < 4.78 is 0. The highest BCUT2D eigenvalue weighted by Crippen LogP contribution is 2.26. The van der Waals surface area contributed by atoms with Crippen molar-refractivity contribution in [2.24, 2.45) is 5.92 Å². The highest BCUT2D eigenvalue weighted by molar-refractivity contribution is 5.93. The first-order valence-electron chi connectivity index (χ1n) is 7.56. The Morgan fingerprint density at radius 3 is 2.77 bits per heavy atom. The summed E-state index contributed by atoms with van der Waals surface area (Å²) in [4.78, 5) is 22.3. The van der Waals surface area contributed by atoms with Gasteiger partial charge in [0.1, 0.15) is 11.4 Å². The summed E-state index contributed by atoms with van der Waals surface area (Å²) >= 11 is 0. The van der Waals surface area contributed by atoms with Crippen LogP contribution in [0.2, 0.25) is 0 Å². The van der Waals surface area contributed by atoms with Gasteiger partial charge in [-0.25, -0.2) is 14.8 Å². The Hall–Kier alpha value is -2.43. The van der Waals surface area contributed by atoms with Crippen LogP contribution in [-0.4, -0.2) is 34.1 Å². The van der Waals surface area contributed by atoms with Crippen LogP contribution in [0.25, 0.3) is 11.4 Å².